The van der Waals surface area contributed by atoms with E-state index >= 15 is 38.4 Å². The van der Waals surface area contributed by atoms with Gasteiger partial charge in [-0.3, -0.25) is 57.5 Å². The number of halogens is 5. The Morgan fingerprint density at radius 1 is 0.651 bits per heavy atom. The zero-order valence-corrected chi connectivity index (χ0v) is 66.9. The third kappa shape index (κ3) is 20.8. The standard InChI is InChI=1S/C77H123F5N12O15/c1-16-47(6)63-72(104)92-39-24-27-55(92)69(101)88(11)54-26-22-21-23-38-93(71(54)103)57(40-49-32-36-76(78,79)37-33-49)68(100)86(9)45-61(95)83-53(31-29-48-28-30-52(77(80,81)82)60(41-48)107-15)66(98)94-44-51(109-20-5)42-58(94)70(102)91(14)75(34-25-35-75)74(106)90(13)64(50(17-2)18-3)73(105)89(12)56(67(99)85(7)8)43-62(96)87(10)59(46-108-19-4)65(97)84-63/h21-22,47-60,63-64H,16-20,23-46H2,1-15H3,(H,83,95)(H,84,97)/b22-21-/t47-,48?,51+,52?,53-,54-,55-,56-,57-,58-,59-,60?,63-,64-/m0/s1. The van der Waals surface area contributed by atoms with Crippen LogP contribution in [0.1, 0.15) is 183 Å². The maximum atomic E-state index is 15.8. The molecule has 616 valence electrons. The first-order valence-electron chi connectivity index (χ1n) is 39.5. The molecule has 0 aromatic rings. The van der Waals surface area contributed by atoms with Gasteiger partial charge in [-0.05, 0) is 134 Å². The predicted molar refractivity (Wildman–Crippen MR) is 393 cm³/mol. The van der Waals surface area contributed by atoms with Crippen LogP contribution >= 0.6 is 0 Å². The van der Waals surface area contributed by atoms with Crippen molar-refractivity contribution in [3.05, 3.63) is 12.2 Å². The number of nitrogens with zero attached hydrogens (tertiary/aromatic N) is 10. The average molecular weight is 1550 g/mol. The van der Waals surface area contributed by atoms with E-state index in [2.05, 4.69) is 10.6 Å². The molecule has 12 amide bonds. The topological polar surface area (TPSA) is 289 Å². The maximum absolute atomic E-state index is 15.8. The SMILES string of the molecule is CCOC[C@H]1C(=O)N[C@@H]([C@@H](C)CC)C(=O)N2CCC[C@H]2C(=O)N(C)[C@H]2C/C=C\CCN(C2=O)[C@@H](CC2CCC(F)(F)CC2)C(=O)N(C)CC(=O)N[C@@H](CCC2CCC(C(F)(F)F)C(OC)C2)C(=O)N2C[C@H](OCC)C[C@H]2C(=O)N(C)C2(CCC2)C(=O)N(C)[C@@H](C(CC)CC)C(=O)N(C)[C@H](C(=O)N(C)C)CC(=O)N1C. The molecule has 7 aliphatic rings. The third-order valence-corrected chi connectivity index (χ3v) is 24.8. The molecule has 3 saturated carbocycles. The molecule has 3 aliphatic carbocycles. The molecule has 2 bridgehead atoms. The van der Waals surface area contributed by atoms with Crippen molar-refractivity contribution in [2.45, 2.75) is 267 Å². The van der Waals surface area contributed by atoms with Gasteiger partial charge in [0.25, 0.3) is 0 Å². The fourth-order valence-corrected chi connectivity index (χ4v) is 17.4. The van der Waals surface area contributed by atoms with Gasteiger partial charge in [-0.1, -0.05) is 59.1 Å². The summed E-state index contributed by atoms with van der Waals surface area (Å²) in [5.41, 5.74) is -1.60. The van der Waals surface area contributed by atoms with E-state index in [1.165, 1.54) is 97.8 Å². The molecule has 7 rings (SSSR count). The molecular weight excluding hydrogens is 1430 g/mol. The molecule has 6 fully saturated rings. The number of rotatable bonds is 17. The van der Waals surface area contributed by atoms with E-state index in [1.54, 1.807) is 32.9 Å². The number of likely N-dealkylation sites (N-methyl/N-ethyl adjacent to an activating group) is 7. The Labute approximate surface area is 640 Å². The molecule has 27 nitrogen and oxygen atoms in total. The number of ether oxygens (including phenoxy) is 3. The highest BCUT2D eigenvalue weighted by Gasteiger charge is 2.57. The van der Waals surface area contributed by atoms with Crippen molar-refractivity contribution in [1.82, 2.24) is 59.6 Å². The van der Waals surface area contributed by atoms with Gasteiger partial charge in [-0.2, -0.15) is 13.2 Å². The quantitative estimate of drug-likeness (QED) is 0.131. The van der Waals surface area contributed by atoms with Crippen LogP contribution in [0.5, 0.6) is 0 Å². The lowest BCUT2D eigenvalue weighted by Crippen LogP contribution is -2.68. The summed E-state index contributed by atoms with van der Waals surface area (Å²) in [5, 5.41) is 5.71. The van der Waals surface area contributed by atoms with Crippen LogP contribution in [0, 0.1) is 29.6 Å². The van der Waals surface area contributed by atoms with E-state index in [1.807, 2.05) is 20.8 Å². The van der Waals surface area contributed by atoms with E-state index in [9.17, 15) is 41.1 Å². The van der Waals surface area contributed by atoms with Crippen molar-refractivity contribution in [3.8, 4) is 0 Å². The molecule has 0 aromatic heterocycles. The van der Waals surface area contributed by atoms with Crippen LogP contribution < -0.4 is 10.6 Å². The van der Waals surface area contributed by atoms with E-state index < -0.39 is 211 Å². The van der Waals surface area contributed by atoms with E-state index in [0.717, 1.165) is 14.7 Å². The Bertz CT molecular complexity index is 3240. The summed E-state index contributed by atoms with van der Waals surface area (Å²) in [4.78, 5) is 196. The Hall–Kier alpha value is -7.09. The fourth-order valence-electron chi connectivity index (χ4n) is 17.4. The van der Waals surface area contributed by atoms with Crippen molar-refractivity contribution >= 4 is 70.9 Å². The Morgan fingerprint density at radius 3 is 1.91 bits per heavy atom. The second-order valence-electron chi connectivity index (χ2n) is 31.7. The number of carbonyl (C=O) groups excluding carboxylic acids is 12. The van der Waals surface area contributed by atoms with Crippen LogP contribution in [0.4, 0.5) is 22.0 Å². The number of methoxy groups -OCH3 is 1. The number of nitrogens with one attached hydrogen (secondary N) is 2. The van der Waals surface area contributed by atoms with Crippen molar-refractivity contribution in [2.75, 3.05) is 109 Å². The fraction of sp³-hybridized carbons (Fsp3) is 0.818. The first-order valence-corrected chi connectivity index (χ1v) is 39.5. The minimum atomic E-state index is -4.56. The van der Waals surface area contributed by atoms with Gasteiger partial charge in [0.15, 0.2) is 0 Å². The van der Waals surface area contributed by atoms with Crippen LogP contribution in [0.15, 0.2) is 12.2 Å². The second kappa shape index (κ2) is 38.9. The molecular formula is C77H123F5N12O15. The van der Waals surface area contributed by atoms with Gasteiger partial charge in [-0.15, -0.1) is 0 Å². The van der Waals surface area contributed by atoms with Gasteiger partial charge >= 0.3 is 6.18 Å². The maximum Gasteiger partial charge on any atom is 0.394 e. The van der Waals surface area contributed by atoms with E-state index in [0.29, 0.717) is 32.1 Å². The highest BCUT2D eigenvalue weighted by molar-refractivity contribution is 6.01. The van der Waals surface area contributed by atoms with E-state index in [-0.39, 0.29) is 129 Å². The Kier molecular flexibility index (Phi) is 31.8. The minimum Gasteiger partial charge on any atom is -0.381 e. The highest BCUT2D eigenvalue weighted by Crippen LogP contribution is 2.45. The van der Waals surface area contributed by atoms with Gasteiger partial charge in [-0.25, -0.2) is 8.78 Å². The summed E-state index contributed by atoms with van der Waals surface area (Å²) in [5.74, 6) is -15.4. The molecule has 0 radical (unpaired) electrons. The second-order valence-corrected chi connectivity index (χ2v) is 31.7. The monoisotopic (exact) mass is 1550 g/mol. The van der Waals surface area contributed by atoms with Gasteiger partial charge in [0.1, 0.15) is 59.9 Å². The smallest absolute Gasteiger partial charge is 0.381 e. The Balaban J connectivity index is 1.35. The molecule has 3 saturated heterocycles. The van der Waals surface area contributed by atoms with Gasteiger partial charge < -0.3 is 73.8 Å². The molecule has 0 aromatic carbocycles. The lowest BCUT2D eigenvalue weighted by Gasteiger charge is -2.51. The lowest BCUT2D eigenvalue weighted by molar-refractivity contribution is -0.215. The molecule has 109 heavy (non-hydrogen) atoms. The van der Waals surface area contributed by atoms with Crippen molar-refractivity contribution in [2.24, 2.45) is 29.6 Å². The first kappa shape index (κ1) is 89.1. The van der Waals surface area contributed by atoms with Gasteiger partial charge in [0, 0.05) is 116 Å². The number of hydrogen-bond donors (Lipinski definition) is 2. The largest absolute Gasteiger partial charge is 0.394 e. The number of hydrogen-bond acceptors (Lipinski definition) is 15. The number of amides is 12. The van der Waals surface area contributed by atoms with Crippen LogP contribution in [0.3, 0.4) is 0 Å². The lowest BCUT2D eigenvalue weighted by atomic mass is 9.73. The third-order valence-electron chi connectivity index (χ3n) is 24.8. The summed E-state index contributed by atoms with van der Waals surface area (Å²) >= 11 is 0. The van der Waals surface area contributed by atoms with Crippen LogP contribution in [0.25, 0.3) is 0 Å². The molecule has 1 spiro atoms. The van der Waals surface area contributed by atoms with Gasteiger partial charge in [0.2, 0.25) is 76.8 Å². The van der Waals surface area contributed by atoms with Crippen LogP contribution in [-0.2, 0) is 71.7 Å². The molecule has 14 atom stereocenters. The van der Waals surface area contributed by atoms with Crippen LogP contribution in [-0.4, -0.2) is 314 Å². The first-order chi connectivity index (χ1) is 51.4. The normalized spacial score (nSPS) is 30.6. The predicted octanol–water partition coefficient (Wildman–Crippen LogP) is 5.65. The summed E-state index contributed by atoms with van der Waals surface area (Å²) in [6.45, 7) is 9.57. The number of alkyl halides is 5. The molecule has 2 N–H and O–H groups in total. The molecule has 4 heterocycles. The number of fused-ring (bicyclic) bond motifs is 4. The summed E-state index contributed by atoms with van der Waals surface area (Å²) in [6.07, 6.45) is -2.68. The number of carbonyl (C=O) groups is 12. The molecule has 4 aliphatic heterocycles. The van der Waals surface area contributed by atoms with Crippen LogP contribution in [0.2, 0.25) is 0 Å². The zero-order valence-electron chi connectivity index (χ0n) is 66.9. The highest BCUT2D eigenvalue weighted by atomic mass is 19.4. The van der Waals surface area contributed by atoms with Crippen molar-refractivity contribution in [3.63, 3.8) is 0 Å². The average Bonchev–Trinajstić information content (AvgIpc) is 1.60. The zero-order chi connectivity index (χ0) is 80.9. The molecule has 32 heteroatoms. The minimum absolute atomic E-state index is 0.00527. The molecule has 3 unspecified atom stereocenters. The summed E-state index contributed by atoms with van der Waals surface area (Å²) in [7, 11) is 12.4. The van der Waals surface area contributed by atoms with Crippen molar-refractivity contribution < 1.29 is 93.7 Å². The van der Waals surface area contributed by atoms with Crippen molar-refractivity contribution in [1.29, 1.82) is 0 Å². The summed E-state index contributed by atoms with van der Waals surface area (Å²) < 4.78 is 90.2. The van der Waals surface area contributed by atoms with E-state index in [4.69, 9.17) is 14.2 Å². The Morgan fingerprint density at radius 2 is 1.32 bits per heavy atom. The van der Waals surface area contributed by atoms with Gasteiger partial charge in [0.05, 0.1) is 37.7 Å². The summed E-state index contributed by atoms with van der Waals surface area (Å²) in [6, 6.07) is -12.2.